The van der Waals surface area contributed by atoms with E-state index in [-0.39, 0.29) is 0 Å². The fourth-order valence-electron chi connectivity index (χ4n) is 2.86. The van der Waals surface area contributed by atoms with Gasteiger partial charge in [-0.05, 0) is 24.6 Å². The second kappa shape index (κ2) is 8.79. The summed E-state index contributed by atoms with van der Waals surface area (Å²) in [5.74, 6) is 0.0361. The van der Waals surface area contributed by atoms with Gasteiger partial charge in [-0.3, -0.25) is 4.79 Å². The van der Waals surface area contributed by atoms with E-state index in [0.717, 1.165) is 11.1 Å². The van der Waals surface area contributed by atoms with Gasteiger partial charge in [0.15, 0.2) is 0 Å². The second-order valence-corrected chi connectivity index (χ2v) is 7.11. The van der Waals surface area contributed by atoms with Crippen molar-refractivity contribution in [1.29, 1.82) is 0 Å². The van der Waals surface area contributed by atoms with Crippen LogP contribution < -0.4 is 14.8 Å². The van der Waals surface area contributed by atoms with E-state index in [1.807, 2.05) is 36.6 Å². The van der Waals surface area contributed by atoms with Gasteiger partial charge in [-0.15, -0.1) is 11.3 Å². The topological polar surface area (TPSA) is 73.9 Å². The highest BCUT2D eigenvalue weighted by atomic mass is 32.1. The number of nitrogens with one attached hydrogen (secondary N) is 1. The van der Waals surface area contributed by atoms with Crippen molar-refractivity contribution in [3.8, 4) is 22.6 Å². The number of anilines is 1. The zero-order chi connectivity index (χ0) is 21.0. The van der Waals surface area contributed by atoms with Gasteiger partial charge in [0.1, 0.15) is 22.1 Å². The van der Waals surface area contributed by atoms with E-state index in [9.17, 15) is 9.59 Å². The number of methoxy groups -OCH3 is 3. The van der Waals surface area contributed by atoms with Gasteiger partial charge in [0.2, 0.25) is 0 Å². The van der Waals surface area contributed by atoms with E-state index < -0.39 is 11.9 Å². The van der Waals surface area contributed by atoms with Crippen molar-refractivity contribution < 1.29 is 23.8 Å². The Balaban J connectivity index is 1.98. The summed E-state index contributed by atoms with van der Waals surface area (Å²) in [7, 11) is 4.33. The number of hydrogen-bond acceptors (Lipinski definition) is 6. The van der Waals surface area contributed by atoms with Gasteiger partial charge in [-0.25, -0.2) is 4.79 Å². The number of thiophene rings is 1. The number of hydrogen-bond donors (Lipinski definition) is 1. The van der Waals surface area contributed by atoms with Gasteiger partial charge in [0.05, 0.1) is 26.9 Å². The molecule has 0 bridgehead atoms. The number of benzene rings is 2. The molecule has 1 N–H and O–H groups in total. The summed E-state index contributed by atoms with van der Waals surface area (Å²) >= 11 is 1.26. The molecule has 0 atom stereocenters. The van der Waals surface area contributed by atoms with Gasteiger partial charge in [0.25, 0.3) is 5.91 Å². The Labute approximate surface area is 173 Å². The lowest BCUT2D eigenvalue weighted by molar-refractivity contribution is 0.0603. The molecule has 0 unspecified atom stereocenters. The maximum Gasteiger partial charge on any atom is 0.341 e. The van der Waals surface area contributed by atoms with Crippen LogP contribution in [0.2, 0.25) is 0 Å². The summed E-state index contributed by atoms with van der Waals surface area (Å²) in [6, 6.07) is 12.7. The molecule has 3 rings (SSSR count). The van der Waals surface area contributed by atoms with Crippen molar-refractivity contribution in [2.24, 2.45) is 0 Å². The van der Waals surface area contributed by atoms with Gasteiger partial charge >= 0.3 is 5.97 Å². The first-order valence-corrected chi connectivity index (χ1v) is 9.66. The standard InChI is InChI=1S/C22H21NO5S/c1-13-5-7-14(8-6-13)17-12-29-21(19(17)22(25)28-4)23-20(24)16-10-9-15(26-2)11-18(16)27-3/h5-12H,1-4H3,(H,23,24). The normalized spacial score (nSPS) is 10.3. The quantitative estimate of drug-likeness (QED) is 0.591. The van der Waals surface area contributed by atoms with Crippen LogP contribution in [0.3, 0.4) is 0 Å². The van der Waals surface area contributed by atoms with Gasteiger partial charge in [-0.2, -0.15) is 0 Å². The van der Waals surface area contributed by atoms with Crippen molar-refractivity contribution in [1.82, 2.24) is 0 Å². The number of carbonyl (C=O) groups is 2. The number of ether oxygens (including phenoxy) is 3. The SMILES string of the molecule is COC(=O)c1c(-c2ccc(C)cc2)csc1NC(=O)c1ccc(OC)cc1OC. The third-order valence-corrected chi connectivity index (χ3v) is 5.32. The number of carbonyl (C=O) groups excluding carboxylic acids is 2. The Hall–Kier alpha value is -3.32. The molecule has 2 aromatic carbocycles. The van der Waals surface area contributed by atoms with Crippen molar-refractivity contribution in [2.75, 3.05) is 26.6 Å². The molecular formula is C22H21NO5S. The first kappa shape index (κ1) is 20.4. The van der Waals surface area contributed by atoms with E-state index in [1.54, 1.807) is 18.2 Å². The van der Waals surface area contributed by atoms with Crippen LogP contribution in [0.15, 0.2) is 47.8 Å². The van der Waals surface area contributed by atoms with Crippen LogP contribution in [0, 0.1) is 6.92 Å². The van der Waals surface area contributed by atoms with E-state index in [2.05, 4.69) is 5.32 Å². The molecule has 0 aliphatic rings. The van der Waals surface area contributed by atoms with Crippen molar-refractivity contribution >= 4 is 28.2 Å². The smallest absolute Gasteiger partial charge is 0.341 e. The maximum atomic E-state index is 12.9. The molecule has 1 aromatic heterocycles. The van der Waals surface area contributed by atoms with Crippen LogP contribution in [0.1, 0.15) is 26.3 Å². The monoisotopic (exact) mass is 411 g/mol. The second-order valence-electron chi connectivity index (χ2n) is 6.23. The van der Waals surface area contributed by atoms with Gasteiger partial charge < -0.3 is 19.5 Å². The lowest BCUT2D eigenvalue weighted by atomic mass is 10.0. The molecule has 0 saturated heterocycles. The van der Waals surface area contributed by atoms with Crippen LogP contribution in [-0.2, 0) is 4.74 Å². The van der Waals surface area contributed by atoms with Crippen LogP contribution >= 0.6 is 11.3 Å². The molecule has 0 fully saturated rings. The van der Waals surface area contributed by atoms with Crippen molar-refractivity contribution in [2.45, 2.75) is 6.92 Å². The number of aryl methyl sites for hydroxylation is 1. The molecule has 6 nitrogen and oxygen atoms in total. The molecule has 0 aliphatic carbocycles. The minimum absolute atomic E-state index is 0.321. The Morgan fingerprint density at radius 3 is 2.31 bits per heavy atom. The highest BCUT2D eigenvalue weighted by molar-refractivity contribution is 7.15. The summed E-state index contributed by atoms with van der Waals surface area (Å²) in [5.41, 5.74) is 3.34. The zero-order valence-electron chi connectivity index (χ0n) is 16.6. The molecule has 1 heterocycles. The van der Waals surface area contributed by atoms with E-state index in [1.165, 1.54) is 32.7 Å². The number of amides is 1. The number of rotatable bonds is 6. The zero-order valence-corrected chi connectivity index (χ0v) is 17.4. The van der Waals surface area contributed by atoms with E-state index in [4.69, 9.17) is 14.2 Å². The molecular weight excluding hydrogens is 390 g/mol. The van der Waals surface area contributed by atoms with Crippen molar-refractivity contribution in [3.05, 3.63) is 64.5 Å². The summed E-state index contributed by atoms with van der Waals surface area (Å²) in [4.78, 5) is 25.3. The average Bonchev–Trinajstić information content (AvgIpc) is 3.16. The molecule has 7 heteroatoms. The van der Waals surface area contributed by atoms with Crippen LogP contribution in [-0.4, -0.2) is 33.2 Å². The summed E-state index contributed by atoms with van der Waals surface area (Å²) in [6.45, 7) is 1.99. The Kier molecular flexibility index (Phi) is 6.19. The highest BCUT2D eigenvalue weighted by Crippen LogP contribution is 2.37. The van der Waals surface area contributed by atoms with Crippen molar-refractivity contribution in [3.63, 3.8) is 0 Å². The largest absolute Gasteiger partial charge is 0.497 e. The summed E-state index contributed by atoms with van der Waals surface area (Å²) < 4.78 is 15.4. The Bertz CT molecular complexity index is 1040. The van der Waals surface area contributed by atoms with Gasteiger partial charge in [-0.1, -0.05) is 29.8 Å². The van der Waals surface area contributed by atoms with Crippen LogP contribution in [0.25, 0.3) is 11.1 Å². The number of esters is 1. The molecule has 3 aromatic rings. The maximum absolute atomic E-state index is 12.9. The average molecular weight is 411 g/mol. The Morgan fingerprint density at radius 1 is 0.966 bits per heavy atom. The first-order chi connectivity index (χ1) is 14.0. The lowest BCUT2D eigenvalue weighted by Gasteiger charge is -2.11. The Morgan fingerprint density at radius 2 is 1.69 bits per heavy atom. The third kappa shape index (κ3) is 4.25. The molecule has 150 valence electrons. The fraction of sp³-hybridized carbons (Fsp3) is 0.182. The minimum atomic E-state index is -0.515. The predicted molar refractivity (Wildman–Crippen MR) is 113 cm³/mol. The molecule has 29 heavy (non-hydrogen) atoms. The molecule has 0 saturated carbocycles. The van der Waals surface area contributed by atoms with E-state index >= 15 is 0 Å². The van der Waals surface area contributed by atoms with Crippen LogP contribution in [0.5, 0.6) is 11.5 Å². The molecule has 1 amide bonds. The minimum Gasteiger partial charge on any atom is -0.497 e. The van der Waals surface area contributed by atoms with E-state index in [0.29, 0.717) is 33.2 Å². The van der Waals surface area contributed by atoms with Gasteiger partial charge in [0, 0.05) is 17.0 Å². The molecule has 0 spiro atoms. The predicted octanol–water partition coefficient (Wildman–Crippen LogP) is 4.78. The first-order valence-electron chi connectivity index (χ1n) is 8.78. The highest BCUT2D eigenvalue weighted by Gasteiger charge is 2.23. The molecule has 0 aliphatic heterocycles. The fourth-order valence-corrected chi connectivity index (χ4v) is 3.81. The van der Waals surface area contributed by atoms with Crippen LogP contribution in [0.4, 0.5) is 5.00 Å². The summed E-state index contributed by atoms with van der Waals surface area (Å²) in [6.07, 6.45) is 0. The third-order valence-electron chi connectivity index (χ3n) is 4.42. The lowest BCUT2D eigenvalue weighted by Crippen LogP contribution is -2.15. The molecule has 0 radical (unpaired) electrons. The summed E-state index contributed by atoms with van der Waals surface area (Å²) in [5, 5.41) is 5.06.